The van der Waals surface area contributed by atoms with Crippen molar-refractivity contribution in [1.82, 2.24) is 5.32 Å². The highest BCUT2D eigenvalue weighted by Crippen LogP contribution is 2.33. The minimum absolute atomic E-state index is 0.141. The van der Waals surface area contributed by atoms with Gasteiger partial charge in [-0.25, -0.2) is 8.78 Å². The molecular formula is C16H19F2N3O2. The second-order valence-corrected chi connectivity index (χ2v) is 6.12. The molecule has 1 aliphatic heterocycles. The number of fused-ring (bicyclic) bond motifs is 1. The quantitative estimate of drug-likeness (QED) is 0.896. The lowest BCUT2D eigenvalue weighted by molar-refractivity contribution is -0.124. The molecule has 2 amide bonds. The monoisotopic (exact) mass is 323 g/mol. The van der Waals surface area contributed by atoms with Gasteiger partial charge in [0.2, 0.25) is 11.8 Å². The standard InChI is InChI=1S/C16H19F2N3O2/c1-9-16(23)21(8-15(22)20-10-4-2-3-5-10)14-7-12(18)11(17)6-13(14)19-9/h6-7,9-10,19H,2-5,8H2,1H3,(H,20,22). The van der Waals surface area contributed by atoms with Crippen molar-refractivity contribution >= 4 is 23.2 Å². The van der Waals surface area contributed by atoms with Crippen molar-refractivity contribution in [2.45, 2.75) is 44.7 Å². The van der Waals surface area contributed by atoms with E-state index in [9.17, 15) is 18.4 Å². The Bertz CT molecular complexity index is 644. The number of benzene rings is 1. The van der Waals surface area contributed by atoms with Crippen LogP contribution in [0.4, 0.5) is 20.2 Å². The summed E-state index contributed by atoms with van der Waals surface area (Å²) in [6.45, 7) is 1.42. The number of carbonyl (C=O) groups is 2. The molecule has 1 unspecified atom stereocenters. The number of hydrogen-bond donors (Lipinski definition) is 2. The molecule has 1 aliphatic carbocycles. The number of halogens is 2. The van der Waals surface area contributed by atoms with Crippen molar-refractivity contribution in [2.24, 2.45) is 0 Å². The third-order valence-electron chi connectivity index (χ3n) is 4.36. The maximum Gasteiger partial charge on any atom is 0.249 e. The Labute approximate surface area is 133 Å². The highest BCUT2D eigenvalue weighted by atomic mass is 19.2. The molecule has 1 saturated carbocycles. The second-order valence-electron chi connectivity index (χ2n) is 6.12. The van der Waals surface area contributed by atoms with Crippen LogP contribution >= 0.6 is 0 Å². The fourth-order valence-electron chi connectivity index (χ4n) is 3.17. The van der Waals surface area contributed by atoms with Crippen LogP contribution in [0.3, 0.4) is 0 Å². The van der Waals surface area contributed by atoms with Crippen molar-refractivity contribution in [3.8, 4) is 0 Å². The van der Waals surface area contributed by atoms with Gasteiger partial charge in [-0.05, 0) is 19.8 Å². The molecule has 7 heteroatoms. The number of hydrogen-bond acceptors (Lipinski definition) is 3. The van der Waals surface area contributed by atoms with Gasteiger partial charge in [-0.15, -0.1) is 0 Å². The molecule has 1 fully saturated rings. The van der Waals surface area contributed by atoms with Crippen LogP contribution in [0.1, 0.15) is 32.6 Å². The van der Waals surface area contributed by atoms with Crippen molar-refractivity contribution in [1.29, 1.82) is 0 Å². The Morgan fingerprint density at radius 3 is 2.65 bits per heavy atom. The number of amides is 2. The molecule has 0 spiro atoms. The number of anilines is 2. The molecular weight excluding hydrogens is 304 g/mol. The Kier molecular flexibility index (Phi) is 4.19. The van der Waals surface area contributed by atoms with E-state index in [1.807, 2.05) is 0 Å². The van der Waals surface area contributed by atoms with Crippen LogP contribution in [-0.2, 0) is 9.59 Å². The first-order chi connectivity index (χ1) is 11.0. The number of rotatable bonds is 3. The van der Waals surface area contributed by atoms with E-state index in [1.165, 1.54) is 4.90 Å². The number of nitrogens with one attached hydrogen (secondary N) is 2. The summed E-state index contributed by atoms with van der Waals surface area (Å²) in [5.74, 6) is -2.66. The molecule has 1 aromatic rings. The van der Waals surface area contributed by atoms with Crippen LogP contribution in [-0.4, -0.2) is 30.4 Å². The maximum absolute atomic E-state index is 13.5. The summed E-state index contributed by atoms with van der Waals surface area (Å²) in [4.78, 5) is 25.7. The van der Waals surface area contributed by atoms with E-state index >= 15 is 0 Å². The minimum atomic E-state index is -1.05. The molecule has 1 aromatic carbocycles. The summed E-state index contributed by atoms with van der Waals surface area (Å²) in [6.07, 6.45) is 4.05. The molecule has 23 heavy (non-hydrogen) atoms. The average molecular weight is 323 g/mol. The van der Waals surface area contributed by atoms with Crippen LogP contribution in [0.2, 0.25) is 0 Å². The van der Waals surface area contributed by atoms with Gasteiger partial charge in [0.25, 0.3) is 0 Å². The highest BCUT2D eigenvalue weighted by Gasteiger charge is 2.32. The Morgan fingerprint density at radius 1 is 1.30 bits per heavy atom. The first-order valence-electron chi connectivity index (χ1n) is 7.82. The molecule has 1 atom stereocenters. The van der Waals surface area contributed by atoms with Gasteiger partial charge < -0.3 is 10.6 Å². The molecule has 2 N–H and O–H groups in total. The predicted octanol–water partition coefficient (Wildman–Crippen LogP) is 2.17. The van der Waals surface area contributed by atoms with E-state index in [2.05, 4.69) is 10.6 Å². The third-order valence-corrected chi connectivity index (χ3v) is 4.36. The van der Waals surface area contributed by atoms with Crippen molar-refractivity contribution in [3.63, 3.8) is 0 Å². The van der Waals surface area contributed by atoms with Crippen molar-refractivity contribution < 1.29 is 18.4 Å². The van der Waals surface area contributed by atoms with Gasteiger partial charge in [0.1, 0.15) is 12.6 Å². The minimum Gasteiger partial charge on any atom is -0.372 e. The van der Waals surface area contributed by atoms with E-state index in [-0.39, 0.29) is 30.1 Å². The summed E-state index contributed by atoms with van der Waals surface area (Å²) in [7, 11) is 0. The molecule has 1 heterocycles. The zero-order chi connectivity index (χ0) is 16.6. The Morgan fingerprint density at radius 2 is 1.96 bits per heavy atom. The van der Waals surface area contributed by atoms with Crippen LogP contribution in [0.15, 0.2) is 12.1 Å². The normalized spacial score (nSPS) is 21.1. The Hall–Kier alpha value is -2.18. The van der Waals surface area contributed by atoms with Gasteiger partial charge in [0, 0.05) is 18.2 Å². The van der Waals surface area contributed by atoms with E-state index in [4.69, 9.17) is 0 Å². The summed E-state index contributed by atoms with van der Waals surface area (Å²) in [6, 6.07) is 1.49. The van der Waals surface area contributed by atoms with Gasteiger partial charge in [0.15, 0.2) is 11.6 Å². The van der Waals surface area contributed by atoms with Crippen molar-refractivity contribution in [2.75, 3.05) is 16.8 Å². The average Bonchev–Trinajstić information content (AvgIpc) is 2.99. The molecule has 5 nitrogen and oxygen atoms in total. The van der Waals surface area contributed by atoms with Gasteiger partial charge in [-0.2, -0.15) is 0 Å². The fourth-order valence-corrected chi connectivity index (χ4v) is 3.17. The summed E-state index contributed by atoms with van der Waals surface area (Å²) in [5.41, 5.74) is 0.498. The lowest BCUT2D eigenvalue weighted by Crippen LogP contribution is -2.50. The zero-order valence-electron chi connectivity index (χ0n) is 12.9. The van der Waals surface area contributed by atoms with E-state index in [0.717, 1.165) is 37.8 Å². The van der Waals surface area contributed by atoms with E-state index < -0.39 is 17.7 Å². The molecule has 0 radical (unpaired) electrons. The maximum atomic E-state index is 13.5. The molecule has 0 bridgehead atoms. The number of carbonyl (C=O) groups excluding carboxylic acids is 2. The smallest absolute Gasteiger partial charge is 0.249 e. The van der Waals surface area contributed by atoms with Crippen molar-refractivity contribution in [3.05, 3.63) is 23.8 Å². The molecule has 124 valence electrons. The van der Waals surface area contributed by atoms with Gasteiger partial charge >= 0.3 is 0 Å². The lowest BCUT2D eigenvalue weighted by atomic mass is 10.1. The molecule has 2 aliphatic rings. The predicted molar refractivity (Wildman–Crippen MR) is 82.2 cm³/mol. The first-order valence-corrected chi connectivity index (χ1v) is 7.82. The largest absolute Gasteiger partial charge is 0.372 e. The summed E-state index contributed by atoms with van der Waals surface area (Å²) < 4.78 is 26.9. The molecule has 0 saturated heterocycles. The third kappa shape index (κ3) is 3.13. The summed E-state index contributed by atoms with van der Waals surface area (Å²) >= 11 is 0. The first kappa shape index (κ1) is 15.7. The van der Waals surface area contributed by atoms with Gasteiger partial charge in [-0.3, -0.25) is 14.5 Å². The van der Waals surface area contributed by atoms with Crippen LogP contribution in [0, 0.1) is 11.6 Å². The SMILES string of the molecule is CC1Nc2cc(F)c(F)cc2N(CC(=O)NC2CCCC2)C1=O. The zero-order valence-corrected chi connectivity index (χ0v) is 12.9. The van der Waals surface area contributed by atoms with E-state index in [1.54, 1.807) is 6.92 Å². The molecule has 3 rings (SSSR count). The van der Waals surface area contributed by atoms with Crippen LogP contribution < -0.4 is 15.5 Å². The number of nitrogens with zero attached hydrogens (tertiary/aromatic N) is 1. The van der Waals surface area contributed by atoms with Gasteiger partial charge in [-0.1, -0.05) is 12.8 Å². The molecule has 0 aromatic heterocycles. The summed E-state index contributed by atoms with van der Waals surface area (Å²) in [5, 5.41) is 5.72. The second kappa shape index (κ2) is 6.14. The topological polar surface area (TPSA) is 61.4 Å². The van der Waals surface area contributed by atoms with E-state index in [0.29, 0.717) is 5.69 Å². The highest BCUT2D eigenvalue weighted by molar-refractivity contribution is 6.07. The van der Waals surface area contributed by atoms with Crippen LogP contribution in [0.5, 0.6) is 0 Å². The lowest BCUT2D eigenvalue weighted by Gasteiger charge is -2.33. The Balaban J connectivity index is 1.81. The van der Waals surface area contributed by atoms with Crippen LogP contribution in [0.25, 0.3) is 0 Å². The van der Waals surface area contributed by atoms with Gasteiger partial charge in [0.05, 0.1) is 11.4 Å². The fraction of sp³-hybridized carbons (Fsp3) is 0.500.